The third-order valence-electron chi connectivity index (χ3n) is 8.37. The lowest BCUT2D eigenvalue weighted by molar-refractivity contribution is 0.0950. The molecule has 2 heterocycles. The van der Waals surface area contributed by atoms with E-state index in [9.17, 15) is 9.59 Å². The quantitative estimate of drug-likeness (QED) is 0.526. The van der Waals surface area contributed by atoms with Gasteiger partial charge >= 0.3 is 0 Å². The number of pyridine rings is 1. The molecule has 7 nitrogen and oxygen atoms in total. The summed E-state index contributed by atoms with van der Waals surface area (Å²) in [6.07, 6.45) is 7.64. The number of hydrogen-bond donors (Lipinski definition) is 2. The molecule has 0 bridgehead atoms. The van der Waals surface area contributed by atoms with Crippen LogP contribution >= 0.6 is 0 Å². The van der Waals surface area contributed by atoms with Gasteiger partial charge < -0.3 is 24.8 Å². The van der Waals surface area contributed by atoms with Crippen LogP contribution in [-0.2, 0) is 11.3 Å². The zero-order valence-electron chi connectivity index (χ0n) is 23.9. The fraction of sp³-hybridized carbons (Fsp3) is 0.548. The van der Waals surface area contributed by atoms with E-state index < -0.39 is 0 Å². The zero-order valence-corrected chi connectivity index (χ0v) is 23.9. The van der Waals surface area contributed by atoms with E-state index in [2.05, 4.69) is 60.2 Å². The number of carbonyl (C=O) groups is 1. The van der Waals surface area contributed by atoms with Crippen molar-refractivity contribution in [3.63, 3.8) is 0 Å². The lowest BCUT2D eigenvalue weighted by Crippen LogP contribution is -2.42. The SMILES string of the molecule is CCN(c1cc(C2=CCOCC2)cc(C(=O)NCc2c(C)cc(C)[nH]c2=O)c1C)[C@H]1CC[C@H](N(C)C)CC1. The van der Waals surface area contributed by atoms with Crippen molar-refractivity contribution in [3.8, 4) is 0 Å². The van der Waals surface area contributed by atoms with E-state index in [1.54, 1.807) is 0 Å². The van der Waals surface area contributed by atoms with Crippen molar-refractivity contribution < 1.29 is 9.53 Å². The van der Waals surface area contributed by atoms with Crippen LogP contribution in [0, 0.1) is 20.8 Å². The molecule has 1 amide bonds. The van der Waals surface area contributed by atoms with Crippen molar-refractivity contribution >= 4 is 17.2 Å². The third-order valence-corrected chi connectivity index (χ3v) is 8.37. The van der Waals surface area contributed by atoms with Crippen molar-refractivity contribution in [3.05, 3.63) is 68.1 Å². The van der Waals surface area contributed by atoms with Gasteiger partial charge in [0.2, 0.25) is 0 Å². The van der Waals surface area contributed by atoms with Gasteiger partial charge in [-0.2, -0.15) is 0 Å². The van der Waals surface area contributed by atoms with Gasteiger partial charge in [0, 0.05) is 47.7 Å². The molecule has 1 aromatic carbocycles. The molecule has 0 atom stereocenters. The zero-order chi connectivity index (χ0) is 27.4. The van der Waals surface area contributed by atoms with Gasteiger partial charge in [-0.1, -0.05) is 6.08 Å². The van der Waals surface area contributed by atoms with Crippen LogP contribution in [0.5, 0.6) is 0 Å². The molecule has 1 saturated carbocycles. The molecular weight excluding hydrogens is 476 g/mol. The number of aromatic nitrogens is 1. The highest BCUT2D eigenvalue weighted by atomic mass is 16.5. The Morgan fingerprint density at radius 3 is 2.39 bits per heavy atom. The van der Waals surface area contributed by atoms with Crippen LogP contribution in [0.25, 0.3) is 5.57 Å². The Hall–Kier alpha value is -2.90. The van der Waals surface area contributed by atoms with Gasteiger partial charge in [-0.15, -0.1) is 0 Å². The van der Waals surface area contributed by atoms with Crippen molar-refractivity contribution in [2.75, 3.05) is 38.8 Å². The number of nitrogens with one attached hydrogen (secondary N) is 2. The average Bonchev–Trinajstić information content (AvgIpc) is 2.90. The minimum absolute atomic E-state index is 0.146. The van der Waals surface area contributed by atoms with Crippen LogP contribution in [0.1, 0.15) is 77.3 Å². The minimum atomic E-state index is -0.148. The molecule has 0 spiro atoms. The van der Waals surface area contributed by atoms with Gasteiger partial charge in [0.1, 0.15) is 0 Å². The first-order valence-corrected chi connectivity index (χ1v) is 14.0. The summed E-state index contributed by atoms with van der Waals surface area (Å²) >= 11 is 0. The molecule has 0 saturated heterocycles. The number of ether oxygens (including phenoxy) is 1. The first-order valence-electron chi connectivity index (χ1n) is 14.0. The molecule has 2 aromatic rings. The Kier molecular flexibility index (Phi) is 9.11. The number of aromatic amines is 1. The summed E-state index contributed by atoms with van der Waals surface area (Å²) in [4.78, 5) is 33.9. The highest BCUT2D eigenvalue weighted by molar-refractivity contribution is 5.98. The molecule has 4 rings (SSSR count). The molecule has 7 heteroatoms. The molecule has 2 N–H and O–H groups in total. The summed E-state index contributed by atoms with van der Waals surface area (Å²) in [6, 6.07) is 7.33. The second kappa shape index (κ2) is 12.3. The smallest absolute Gasteiger partial charge is 0.253 e. The molecule has 1 aliphatic carbocycles. The van der Waals surface area contributed by atoms with Crippen LogP contribution in [0.3, 0.4) is 0 Å². The maximum Gasteiger partial charge on any atom is 0.253 e. The molecule has 2 aliphatic rings. The maximum absolute atomic E-state index is 13.6. The highest BCUT2D eigenvalue weighted by Crippen LogP contribution is 2.35. The van der Waals surface area contributed by atoms with Crippen LogP contribution in [0.4, 0.5) is 5.69 Å². The largest absolute Gasteiger partial charge is 0.377 e. The number of hydrogen-bond acceptors (Lipinski definition) is 5. The Labute approximate surface area is 227 Å². The van der Waals surface area contributed by atoms with Gasteiger partial charge in [-0.25, -0.2) is 0 Å². The molecule has 1 aliphatic heterocycles. The third kappa shape index (κ3) is 6.21. The van der Waals surface area contributed by atoms with Crippen molar-refractivity contribution in [1.82, 2.24) is 15.2 Å². The average molecular weight is 521 g/mol. The van der Waals surface area contributed by atoms with E-state index in [1.807, 2.05) is 26.0 Å². The predicted molar refractivity (Wildman–Crippen MR) is 155 cm³/mol. The minimum Gasteiger partial charge on any atom is -0.377 e. The number of aryl methyl sites for hydroxylation is 2. The Morgan fingerprint density at radius 2 is 1.79 bits per heavy atom. The number of carbonyl (C=O) groups excluding carboxylic acids is 1. The summed E-state index contributed by atoms with van der Waals surface area (Å²) in [5.74, 6) is -0.148. The molecule has 0 radical (unpaired) electrons. The first kappa shape index (κ1) is 28.1. The molecule has 0 unspecified atom stereocenters. The molecule has 206 valence electrons. The number of benzene rings is 1. The van der Waals surface area contributed by atoms with E-state index in [0.717, 1.165) is 53.9 Å². The predicted octanol–water partition coefficient (Wildman–Crippen LogP) is 4.73. The van der Waals surface area contributed by atoms with Crippen molar-refractivity contribution in [2.24, 2.45) is 0 Å². The summed E-state index contributed by atoms with van der Waals surface area (Å²) in [7, 11) is 4.35. The van der Waals surface area contributed by atoms with E-state index in [1.165, 1.54) is 18.4 Å². The standard InChI is InChI=1S/C31H44N4O3/c1-7-35(26-10-8-25(9-11-26)34(5)6)29-18-24(23-12-14-38-15-13-23)17-27(22(29)4)30(36)32-19-28-20(2)16-21(3)33-31(28)37/h12,16-18,25-26H,7-11,13-15,19H2,1-6H3,(H,32,36)(H,33,37)/t25-,26-. The molecule has 1 fully saturated rings. The molecule has 38 heavy (non-hydrogen) atoms. The first-order chi connectivity index (χ1) is 18.2. The highest BCUT2D eigenvalue weighted by Gasteiger charge is 2.28. The summed E-state index contributed by atoms with van der Waals surface area (Å²) in [6.45, 7) is 10.4. The Bertz CT molecular complexity index is 1240. The number of H-pyrrole nitrogens is 1. The van der Waals surface area contributed by atoms with Gasteiger partial charge in [-0.3, -0.25) is 9.59 Å². The normalized spacial score (nSPS) is 19.8. The van der Waals surface area contributed by atoms with Gasteiger partial charge in [0.05, 0.1) is 13.2 Å². The number of nitrogens with zero attached hydrogens (tertiary/aromatic N) is 2. The van der Waals surface area contributed by atoms with E-state index in [0.29, 0.717) is 36.4 Å². The van der Waals surface area contributed by atoms with E-state index in [-0.39, 0.29) is 18.0 Å². The topological polar surface area (TPSA) is 77.7 Å². The maximum atomic E-state index is 13.6. The molecule has 1 aromatic heterocycles. The van der Waals surface area contributed by atoms with Crippen molar-refractivity contribution in [1.29, 1.82) is 0 Å². The van der Waals surface area contributed by atoms with Crippen LogP contribution < -0.4 is 15.8 Å². The number of amides is 1. The van der Waals surface area contributed by atoms with Gasteiger partial charge in [0.15, 0.2) is 0 Å². The Balaban J connectivity index is 1.66. The second-order valence-electron chi connectivity index (χ2n) is 11.1. The summed E-state index contributed by atoms with van der Waals surface area (Å²) < 4.78 is 5.56. The van der Waals surface area contributed by atoms with E-state index in [4.69, 9.17) is 4.74 Å². The fourth-order valence-corrected chi connectivity index (χ4v) is 6.08. The fourth-order valence-electron chi connectivity index (χ4n) is 6.08. The van der Waals surface area contributed by atoms with Crippen LogP contribution in [-0.4, -0.2) is 61.7 Å². The van der Waals surface area contributed by atoms with Crippen molar-refractivity contribution in [2.45, 2.75) is 78.4 Å². The second-order valence-corrected chi connectivity index (χ2v) is 11.1. The van der Waals surface area contributed by atoms with Gasteiger partial charge in [-0.05, 0) is 114 Å². The Morgan fingerprint density at radius 1 is 1.08 bits per heavy atom. The lowest BCUT2D eigenvalue weighted by Gasteiger charge is -2.40. The van der Waals surface area contributed by atoms with Gasteiger partial charge in [0.25, 0.3) is 11.5 Å². The number of anilines is 1. The van der Waals surface area contributed by atoms with Crippen LogP contribution in [0.15, 0.2) is 29.1 Å². The lowest BCUT2D eigenvalue weighted by atomic mass is 9.88. The number of rotatable bonds is 8. The van der Waals surface area contributed by atoms with Crippen LogP contribution in [0.2, 0.25) is 0 Å². The molecular formula is C31H44N4O3. The summed E-state index contributed by atoms with van der Waals surface area (Å²) in [5.41, 5.74) is 7.27. The van der Waals surface area contributed by atoms with E-state index >= 15 is 0 Å². The monoisotopic (exact) mass is 520 g/mol. The summed E-state index contributed by atoms with van der Waals surface area (Å²) in [5, 5.41) is 3.04.